The van der Waals surface area contributed by atoms with Crippen LogP contribution < -0.4 is 4.90 Å². The third kappa shape index (κ3) is 8.49. The van der Waals surface area contributed by atoms with E-state index in [1.165, 1.54) is 5.69 Å². The third-order valence-electron chi connectivity index (χ3n) is 7.08. The molecule has 0 spiro atoms. The van der Waals surface area contributed by atoms with Gasteiger partial charge in [0.15, 0.2) is 0 Å². The first kappa shape index (κ1) is 26.9. The smallest absolute Gasteiger partial charge is 0.306 e. The van der Waals surface area contributed by atoms with Crippen molar-refractivity contribution in [1.29, 1.82) is 0 Å². The lowest BCUT2D eigenvalue weighted by molar-refractivity contribution is -0.147. The molecule has 1 atom stereocenters. The quantitative estimate of drug-likeness (QED) is 0.439. The second-order valence-corrected chi connectivity index (χ2v) is 9.30. The van der Waals surface area contributed by atoms with Gasteiger partial charge in [0.25, 0.3) is 0 Å². The van der Waals surface area contributed by atoms with E-state index in [0.717, 1.165) is 39.0 Å². The van der Waals surface area contributed by atoms with Gasteiger partial charge in [-0.1, -0.05) is 0 Å². The van der Waals surface area contributed by atoms with Crippen molar-refractivity contribution in [3.8, 4) is 0 Å². The summed E-state index contributed by atoms with van der Waals surface area (Å²) in [4.78, 5) is 47.6. The zero-order chi connectivity index (χ0) is 25.0. The average molecular weight is 489 g/mol. The van der Waals surface area contributed by atoms with Crippen molar-refractivity contribution in [2.75, 3.05) is 63.9 Å². The van der Waals surface area contributed by atoms with Gasteiger partial charge >= 0.3 is 11.9 Å². The van der Waals surface area contributed by atoms with Crippen molar-refractivity contribution in [1.82, 2.24) is 14.8 Å². The van der Waals surface area contributed by atoms with Gasteiger partial charge in [-0.2, -0.15) is 0 Å². The number of anilines is 1. The lowest BCUT2D eigenvalue weighted by atomic mass is 9.79. The van der Waals surface area contributed by atoms with Gasteiger partial charge in [0.2, 0.25) is 5.91 Å². The van der Waals surface area contributed by atoms with Gasteiger partial charge in [0.1, 0.15) is 0 Å². The number of rotatable bonds is 11. The maximum atomic E-state index is 13.0. The number of nitrogens with zero attached hydrogens (tertiary/aromatic N) is 4. The second kappa shape index (κ2) is 14.0. The van der Waals surface area contributed by atoms with E-state index in [1.807, 2.05) is 29.4 Å². The summed E-state index contributed by atoms with van der Waals surface area (Å²) < 4.78 is 10.2. The predicted molar refractivity (Wildman–Crippen MR) is 133 cm³/mol. The molecule has 2 aliphatic heterocycles. The van der Waals surface area contributed by atoms with E-state index in [4.69, 9.17) is 9.47 Å². The lowest BCUT2D eigenvalue weighted by Crippen LogP contribution is -2.51. The number of amides is 1. The average Bonchev–Trinajstić information content (AvgIpc) is 2.88. The molecule has 1 aromatic heterocycles. The Morgan fingerprint density at radius 3 is 2.20 bits per heavy atom. The fourth-order valence-electron chi connectivity index (χ4n) is 5.11. The van der Waals surface area contributed by atoms with Gasteiger partial charge in [-0.25, -0.2) is 0 Å². The number of piperazine rings is 1. The summed E-state index contributed by atoms with van der Waals surface area (Å²) >= 11 is 0. The van der Waals surface area contributed by atoms with Crippen LogP contribution in [-0.2, 0) is 23.9 Å². The van der Waals surface area contributed by atoms with Crippen molar-refractivity contribution < 1.29 is 23.9 Å². The molecule has 3 heterocycles. The van der Waals surface area contributed by atoms with Gasteiger partial charge in [0.05, 0.1) is 19.8 Å². The number of likely N-dealkylation sites (tertiary alicyclic amines) is 1. The highest BCUT2D eigenvalue weighted by Crippen LogP contribution is 2.31. The van der Waals surface area contributed by atoms with Crippen molar-refractivity contribution in [3.05, 3.63) is 24.5 Å². The highest BCUT2D eigenvalue weighted by Gasteiger charge is 2.31. The van der Waals surface area contributed by atoms with Crippen LogP contribution in [0.1, 0.15) is 46.0 Å². The molecular weight excluding hydrogens is 448 g/mol. The minimum absolute atomic E-state index is 0.0666. The van der Waals surface area contributed by atoms with E-state index < -0.39 is 0 Å². The van der Waals surface area contributed by atoms with E-state index in [-0.39, 0.29) is 23.8 Å². The second-order valence-electron chi connectivity index (χ2n) is 9.30. The van der Waals surface area contributed by atoms with Crippen LogP contribution in [0, 0.1) is 11.8 Å². The highest BCUT2D eigenvalue weighted by molar-refractivity contribution is 5.78. The Hall–Kier alpha value is -2.68. The number of hydrogen-bond donors (Lipinski definition) is 0. The SMILES string of the molecule is CCOC(=O)CCC(CC(=O)OCC)C1CCN(C(=O)CN2CCN(c3ccncc3)CC2)CC1. The molecule has 3 rings (SSSR count). The molecule has 0 aromatic carbocycles. The molecule has 2 saturated heterocycles. The number of carbonyl (C=O) groups excluding carboxylic acids is 3. The molecule has 9 nitrogen and oxygen atoms in total. The largest absolute Gasteiger partial charge is 0.466 e. The minimum atomic E-state index is -0.224. The fourth-order valence-corrected chi connectivity index (χ4v) is 5.11. The maximum Gasteiger partial charge on any atom is 0.306 e. The molecule has 0 radical (unpaired) electrons. The normalized spacial score (nSPS) is 18.2. The summed E-state index contributed by atoms with van der Waals surface area (Å²) in [5.41, 5.74) is 1.17. The summed E-state index contributed by atoms with van der Waals surface area (Å²) in [6.45, 7) is 9.66. The van der Waals surface area contributed by atoms with Crippen molar-refractivity contribution in [2.24, 2.45) is 11.8 Å². The molecule has 0 N–H and O–H groups in total. The first-order valence-electron chi connectivity index (χ1n) is 13.0. The predicted octanol–water partition coefficient (Wildman–Crippen LogP) is 2.35. The number of ether oxygens (including phenoxy) is 2. The first-order chi connectivity index (χ1) is 17.0. The molecule has 1 amide bonds. The minimum Gasteiger partial charge on any atom is -0.466 e. The standard InChI is InChI=1S/C26H40N4O5/c1-3-34-25(32)6-5-22(19-26(33)35-4-2)21-9-13-30(14-10-21)24(31)20-28-15-17-29(18-16-28)23-7-11-27-12-8-23/h7-8,11-12,21-22H,3-6,9-10,13-20H2,1-2H3. The number of piperidine rings is 1. The molecule has 1 aromatic rings. The van der Waals surface area contributed by atoms with Crippen LogP contribution in [0.5, 0.6) is 0 Å². The Morgan fingerprint density at radius 2 is 1.57 bits per heavy atom. The van der Waals surface area contributed by atoms with Gasteiger partial charge in [-0.15, -0.1) is 0 Å². The number of pyridine rings is 1. The maximum absolute atomic E-state index is 13.0. The molecule has 194 valence electrons. The summed E-state index contributed by atoms with van der Waals surface area (Å²) in [5.74, 6) is 0.0943. The Balaban J connectivity index is 1.44. The topological polar surface area (TPSA) is 92.3 Å². The Bertz CT molecular complexity index is 805. The first-order valence-corrected chi connectivity index (χ1v) is 13.0. The monoisotopic (exact) mass is 488 g/mol. The van der Waals surface area contributed by atoms with Crippen molar-refractivity contribution >= 4 is 23.5 Å². The Morgan fingerprint density at radius 1 is 0.943 bits per heavy atom. The fraction of sp³-hybridized carbons (Fsp3) is 0.692. The number of aromatic nitrogens is 1. The van der Waals surface area contributed by atoms with E-state index in [1.54, 1.807) is 13.8 Å². The molecule has 35 heavy (non-hydrogen) atoms. The van der Waals surface area contributed by atoms with Crippen LogP contribution in [0.2, 0.25) is 0 Å². The van der Waals surface area contributed by atoms with Crippen LogP contribution in [0.15, 0.2) is 24.5 Å². The molecule has 2 aliphatic rings. The van der Waals surface area contributed by atoms with Gasteiger partial charge in [-0.3, -0.25) is 24.3 Å². The van der Waals surface area contributed by atoms with Gasteiger partial charge in [0, 0.05) is 70.2 Å². The number of hydrogen-bond acceptors (Lipinski definition) is 8. The molecule has 1 unspecified atom stereocenters. The Labute approximate surface area is 208 Å². The summed E-state index contributed by atoms with van der Waals surface area (Å²) in [6, 6.07) is 4.04. The molecule has 0 saturated carbocycles. The van der Waals surface area contributed by atoms with E-state index in [2.05, 4.69) is 14.8 Å². The van der Waals surface area contributed by atoms with Crippen LogP contribution in [0.4, 0.5) is 5.69 Å². The number of esters is 2. The summed E-state index contributed by atoms with van der Waals surface area (Å²) in [7, 11) is 0. The van der Waals surface area contributed by atoms with Crippen LogP contribution >= 0.6 is 0 Å². The summed E-state index contributed by atoms with van der Waals surface area (Å²) in [5, 5.41) is 0. The van der Waals surface area contributed by atoms with Crippen LogP contribution in [0.3, 0.4) is 0 Å². The van der Waals surface area contributed by atoms with Crippen LogP contribution in [0.25, 0.3) is 0 Å². The molecule has 9 heteroatoms. The van der Waals surface area contributed by atoms with Crippen molar-refractivity contribution in [2.45, 2.75) is 46.0 Å². The van der Waals surface area contributed by atoms with Crippen molar-refractivity contribution in [3.63, 3.8) is 0 Å². The highest BCUT2D eigenvalue weighted by atomic mass is 16.5. The van der Waals surface area contributed by atoms with Gasteiger partial charge in [-0.05, 0) is 57.1 Å². The lowest BCUT2D eigenvalue weighted by Gasteiger charge is -2.39. The van der Waals surface area contributed by atoms with E-state index >= 15 is 0 Å². The zero-order valence-electron chi connectivity index (χ0n) is 21.2. The molecule has 2 fully saturated rings. The van der Waals surface area contributed by atoms with E-state index in [9.17, 15) is 14.4 Å². The zero-order valence-corrected chi connectivity index (χ0v) is 21.2. The van der Waals surface area contributed by atoms with Crippen LogP contribution in [-0.4, -0.2) is 91.7 Å². The van der Waals surface area contributed by atoms with Gasteiger partial charge < -0.3 is 19.3 Å². The molecule has 0 aliphatic carbocycles. The summed E-state index contributed by atoms with van der Waals surface area (Å²) in [6.07, 6.45) is 6.53. The number of carbonyl (C=O) groups is 3. The molecular formula is C26H40N4O5. The van der Waals surface area contributed by atoms with E-state index in [0.29, 0.717) is 58.0 Å². The third-order valence-corrected chi connectivity index (χ3v) is 7.08. The molecule has 0 bridgehead atoms. The Kier molecular flexibility index (Phi) is 10.8.